The summed E-state index contributed by atoms with van der Waals surface area (Å²) in [6, 6.07) is 4.56. The third-order valence-electron chi connectivity index (χ3n) is 4.48. The van der Waals surface area contributed by atoms with Crippen LogP contribution in [-0.2, 0) is 11.2 Å². The molecule has 3 rings (SSSR count). The number of nitrogens with zero attached hydrogens (tertiary/aromatic N) is 2. The number of amides is 1. The maximum atomic E-state index is 12.4. The van der Waals surface area contributed by atoms with E-state index in [2.05, 4.69) is 38.3 Å². The van der Waals surface area contributed by atoms with Crippen LogP contribution in [0.2, 0.25) is 0 Å². The summed E-state index contributed by atoms with van der Waals surface area (Å²) in [5.74, 6) is 0.115. The van der Waals surface area contributed by atoms with Crippen molar-refractivity contribution in [3.63, 3.8) is 0 Å². The van der Waals surface area contributed by atoms with E-state index in [4.69, 9.17) is 0 Å². The van der Waals surface area contributed by atoms with E-state index in [9.17, 15) is 4.79 Å². The molecule has 0 aromatic carbocycles. The van der Waals surface area contributed by atoms with Gasteiger partial charge in [-0.2, -0.15) is 0 Å². The van der Waals surface area contributed by atoms with Crippen molar-refractivity contribution < 1.29 is 4.79 Å². The minimum absolute atomic E-state index is 0.115. The van der Waals surface area contributed by atoms with Gasteiger partial charge < -0.3 is 10.6 Å². The normalized spacial score (nSPS) is 16.8. The fourth-order valence-corrected chi connectivity index (χ4v) is 5.66. The molecule has 1 aliphatic carbocycles. The lowest BCUT2D eigenvalue weighted by Crippen LogP contribution is -2.39. The Balaban J connectivity index is 1.41. The van der Waals surface area contributed by atoms with Gasteiger partial charge in [-0.25, -0.2) is 0 Å². The molecule has 1 aliphatic rings. The van der Waals surface area contributed by atoms with E-state index < -0.39 is 0 Å². The SMILES string of the molecule is C[C@@H](Sc1nnc(NCCc2cccs2)s1)C(=O)NC1CCCCCC1. The maximum absolute atomic E-state index is 12.4. The Labute approximate surface area is 167 Å². The van der Waals surface area contributed by atoms with E-state index in [-0.39, 0.29) is 11.2 Å². The summed E-state index contributed by atoms with van der Waals surface area (Å²) in [6.45, 7) is 2.79. The van der Waals surface area contributed by atoms with Crippen LogP contribution in [0.4, 0.5) is 5.13 Å². The van der Waals surface area contributed by atoms with Crippen LogP contribution in [0.1, 0.15) is 50.3 Å². The Morgan fingerprint density at radius 2 is 2.12 bits per heavy atom. The van der Waals surface area contributed by atoms with Gasteiger partial charge in [0.15, 0.2) is 4.34 Å². The Morgan fingerprint density at radius 1 is 1.31 bits per heavy atom. The average Bonchev–Trinajstić information content (AvgIpc) is 3.23. The first-order valence-corrected chi connectivity index (χ1v) is 11.8. The van der Waals surface area contributed by atoms with E-state index >= 15 is 0 Å². The zero-order valence-corrected chi connectivity index (χ0v) is 17.5. The second-order valence-corrected chi connectivity index (χ2v) is 10.2. The summed E-state index contributed by atoms with van der Waals surface area (Å²) in [5, 5.41) is 17.7. The predicted molar refractivity (Wildman–Crippen MR) is 111 cm³/mol. The molecule has 0 spiro atoms. The van der Waals surface area contributed by atoms with E-state index in [0.717, 1.165) is 35.3 Å². The summed E-state index contributed by atoms with van der Waals surface area (Å²) >= 11 is 4.78. The number of nitrogens with one attached hydrogen (secondary N) is 2. The number of rotatable bonds is 8. The zero-order valence-electron chi connectivity index (χ0n) is 15.1. The number of thiophene rings is 1. The van der Waals surface area contributed by atoms with Crippen molar-refractivity contribution in [2.45, 2.75) is 67.5 Å². The molecule has 8 heteroatoms. The monoisotopic (exact) mass is 410 g/mol. The van der Waals surface area contributed by atoms with E-state index in [1.54, 1.807) is 11.3 Å². The van der Waals surface area contributed by atoms with Crippen LogP contribution in [-0.4, -0.2) is 33.9 Å². The molecule has 2 N–H and O–H groups in total. The molecule has 26 heavy (non-hydrogen) atoms. The lowest BCUT2D eigenvalue weighted by Gasteiger charge is -2.18. The number of hydrogen-bond acceptors (Lipinski definition) is 7. The van der Waals surface area contributed by atoms with Crippen LogP contribution in [0.3, 0.4) is 0 Å². The number of thioether (sulfide) groups is 1. The first-order chi connectivity index (χ1) is 12.7. The largest absolute Gasteiger partial charge is 0.360 e. The van der Waals surface area contributed by atoms with Gasteiger partial charge in [0.2, 0.25) is 11.0 Å². The highest BCUT2D eigenvalue weighted by molar-refractivity contribution is 8.02. The average molecular weight is 411 g/mol. The van der Waals surface area contributed by atoms with Crippen LogP contribution < -0.4 is 10.6 Å². The Hall–Kier alpha value is -1.12. The summed E-state index contributed by atoms with van der Waals surface area (Å²) in [6.07, 6.45) is 8.25. The third-order valence-corrected chi connectivity index (χ3v) is 7.48. The molecular weight excluding hydrogens is 384 g/mol. The van der Waals surface area contributed by atoms with Crippen LogP contribution in [0.5, 0.6) is 0 Å². The van der Waals surface area contributed by atoms with Crippen LogP contribution in [0.15, 0.2) is 21.9 Å². The van der Waals surface area contributed by atoms with Gasteiger partial charge in [0, 0.05) is 17.5 Å². The van der Waals surface area contributed by atoms with Crippen LogP contribution >= 0.6 is 34.4 Å². The molecule has 2 heterocycles. The summed E-state index contributed by atoms with van der Waals surface area (Å²) < 4.78 is 0.840. The first-order valence-electron chi connectivity index (χ1n) is 9.27. The van der Waals surface area contributed by atoms with Gasteiger partial charge in [-0.15, -0.1) is 21.5 Å². The van der Waals surface area contributed by atoms with Gasteiger partial charge in [0.25, 0.3) is 0 Å². The summed E-state index contributed by atoms with van der Waals surface area (Å²) in [4.78, 5) is 13.8. The lowest BCUT2D eigenvalue weighted by atomic mass is 10.1. The number of anilines is 1. The molecule has 0 radical (unpaired) electrons. The van der Waals surface area contributed by atoms with Gasteiger partial charge in [-0.1, -0.05) is 54.8 Å². The molecule has 5 nitrogen and oxygen atoms in total. The number of hydrogen-bond donors (Lipinski definition) is 2. The molecule has 0 aliphatic heterocycles. The fraction of sp³-hybridized carbons (Fsp3) is 0.611. The fourth-order valence-electron chi connectivity index (χ4n) is 3.02. The zero-order chi connectivity index (χ0) is 18.2. The highest BCUT2D eigenvalue weighted by Crippen LogP contribution is 2.29. The number of carbonyl (C=O) groups excluding carboxylic acids is 1. The van der Waals surface area contributed by atoms with Gasteiger partial charge in [-0.3, -0.25) is 4.79 Å². The van der Waals surface area contributed by atoms with Gasteiger partial charge in [0.05, 0.1) is 5.25 Å². The van der Waals surface area contributed by atoms with E-state index in [1.807, 2.05) is 6.92 Å². The number of carbonyl (C=O) groups is 1. The Morgan fingerprint density at radius 3 is 2.85 bits per heavy atom. The smallest absolute Gasteiger partial charge is 0.233 e. The van der Waals surface area contributed by atoms with Crippen molar-refractivity contribution in [3.05, 3.63) is 22.4 Å². The van der Waals surface area contributed by atoms with E-state index in [1.165, 1.54) is 53.7 Å². The summed E-state index contributed by atoms with van der Waals surface area (Å²) in [5.41, 5.74) is 0. The molecule has 1 fully saturated rings. The molecular formula is C18H26N4OS3. The molecule has 1 amide bonds. The van der Waals surface area contributed by atoms with Crippen molar-refractivity contribution in [3.8, 4) is 0 Å². The molecule has 1 saturated carbocycles. The molecule has 2 aromatic heterocycles. The maximum Gasteiger partial charge on any atom is 0.233 e. The van der Waals surface area contributed by atoms with Crippen molar-refractivity contribution in [1.29, 1.82) is 0 Å². The standard InChI is InChI=1S/C18H26N4OS3/c1-13(16(23)20-14-7-4-2-3-5-8-14)25-18-22-21-17(26-18)19-11-10-15-9-6-12-24-15/h6,9,12-14H,2-5,7-8,10-11H2,1H3,(H,19,21)(H,20,23)/t13-/m1/s1. The molecule has 0 unspecified atom stereocenters. The number of aromatic nitrogens is 2. The predicted octanol–water partition coefficient (Wildman–Crippen LogP) is 4.57. The highest BCUT2D eigenvalue weighted by Gasteiger charge is 2.21. The Kier molecular flexibility index (Phi) is 7.76. The second kappa shape index (κ2) is 10.3. The lowest BCUT2D eigenvalue weighted by molar-refractivity contribution is -0.121. The van der Waals surface area contributed by atoms with E-state index in [0.29, 0.717) is 6.04 Å². The first kappa shape index (κ1) is 19.6. The minimum atomic E-state index is -0.148. The summed E-state index contributed by atoms with van der Waals surface area (Å²) in [7, 11) is 0. The molecule has 0 saturated heterocycles. The second-order valence-electron chi connectivity index (χ2n) is 6.59. The molecule has 2 aromatic rings. The van der Waals surface area contributed by atoms with Crippen LogP contribution in [0.25, 0.3) is 0 Å². The van der Waals surface area contributed by atoms with Crippen molar-refractivity contribution >= 4 is 45.5 Å². The highest BCUT2D eigenvalue weighted by atomic mass is 32.2. The minimum Gasteiger partial charge on any atom is -0.360 e. The van der Waals surface area contributed by atoms with Crippen LogP contribution in [0, 0.1) is 0 Å². The van der Waals surface area contributed by atoms with Crippen molar-refractivity contribution in [2.24, 2.45) is 0 Å². The van der Waals surface area contributed by atoms with Crippen molar-refractivity contribution in [1.82, 2.24) is 15.5 Å². The van der Waals surface area contributed by atoms with Gasteiger partial charge in [0.1, 0.15) is 0 Å². The van der Waals surface area contributed by atoms with Gasteiger partial charge >= 0.3 is 0 Å². The molecule has 0 bridgehead atoms. The van der Waals surface area contributed by atoms with Gasteiger partial charge in [-0.05, 0) is 37.6 Å². The quantitative estimate of drug-likeness (QED) is 0.493. The Bertz CT molecular complexity index is 666. The topological polar surface area (TPSA) is 66.9 Å². The molecule has 1 atom stereocenters. The third kappa shape index (κ3) is 6.25. The molecule has 142 valence electrons. The van der Waals surface area contributed by atoms with Crippen molar-refractivity contribution in [2.75, 3.05) is 11.9 Å².